The van der Waals surface area contributed by atoms with Crippen LogP contribution in [0.3, 0.4) is 0 Å². The molecule has 0 saturated heterocycles. The van der Waals surface area contributed by atoms with E-state index in [1.807, 2.05) is 55.6 Å². The van der Waals surface area contributed by atoms with E-state index >= 15 is 0 Å². The molecule has 2 heterocycles. The van der Waals surface area contributed by atoms with E-state index in [4.69, 9.17) is 0 Å². The van der Waals surface area contributed by atoms with Crippen molar-refractivity contribution in [3.05, 3.63) is 106 Å². The highest BCUT2D eigenvalue weighted by molar-refractivity contribution is 7.90. The lowest BCUT2D eigenvalue weighted by Gasteiger charge is -2.25. The van der Waals surface area contributed by atoms with Crippen LogP contribution in [-0.2, 0) is 28.7 Å². The topological polar surface area (TPSA) is 72.3 Å². The van der Waals surface area contributed by atoms with Crippen molar-refractivity contribution >= 4 is 27.1 Å². The number of benzene rings is 2. The molecule has 0 aliphatic carbocycles. The lowest BCUT2D eigenvalue weighted by Crippen LogP contribution is -2.34. The second-order valence-electron chi connectivity index (χ2n) is 9.05. The second-order valence-corrected chi connectivity index (χ2v) is 11.9. The fraction of sp³-hybridized carbons (Fsp3) is 0.259. The molecule has 2 aromatic carbocycles. The first-order chi connectivity index (χ1) is 17.2. The Morgan fingerprint density at radius 1 is 1.03 bits per heavy atom. The van der Waals surface area contributed by atoms with Gasteiger partial charge in [0.15, 0.2) is 0 Å². The zero-order chi connectivity index (χ0) is 25.7. The predicted octanol–water partition coefficient (Wildman–Crippen LogP) is 5.40. The zero-order valence-electron chi connectivity index (χ0n) is 20.2. The maximum absolute atomic E-state index is 13.4. The summed E-state index contributed by atoms with van der Waals surface area (Å²) >= 11 is 1.38. The van der Waals surface area contributed by atoms with Crippen LogP contribution < -0.4 is 0 Å². The Balaban J connectivity index is 1.71. The molecule has 0 unspecified atom stereocenters. The molecule has 0 spiro atoms. The number of amides is 1. The lowest BCUT2D eigenvalue weighted by molar-refractivity contribution is 0.0723. The van der Waals surface area contributed by atoms with Gasteiger partial charge in [0.1, 0.15) is 5.82 Å². The molecule has 6 nitrogen and oxygen atoms in total. The molecular formula is C27H28FN3O3S2. The summed E-state index contributed by atoms with van der Waals surface area (Å²) in [5.41, 5.74) is 2.01. The molecule has 0 N–H and O–H groups in total. The fourth-order valence-corrected chi connectivity index (χ4v) is 6.16. The van der Waals surface area contributed by atoms with Crippen molar-refractivity contribution in [1.82, 2.24) is 14.5 Å². The third-order valence-corrected chi connectivity index (χ3v) is 8.04. The summed E-state index contributed by atoms with van der Waals surface area (Å²) in [6, 6.07) is 18.6. The number of carbonyl (C=O) groups is 1. The van der Waals surface area contributed by atoms with Crippen LogP contribution in [0.5, 0.6) is 0 Å². The van der Waals surface area contributed by atoms with Crippen molar-refractivity contribution in [1.29, 1.82) is 0 Å². The first kappa shape index (κ1) is 25.8. The summed E-state index contributed by atoms with van der Waals surface area (Å²) in [4.78, 5) is 19.9. The van der Waals surface area contributed by atoms with Gasteiger partial charge in [0.2, 0.25) is 15.0 Å². The van der Waals surface area contributed by atoms with Crippen LogP contribution in [0, 0.1) is 11.7 Å². The number of halogens is 1. The van der Waals surface area contributed by atoms with E-state index in [-0.39, 0.29) is 35.8 Å². The predicted molar refractivity (Wildman–Crippen MR) is 139 cm³/mol. The van der Waals surface area contributed by atoms with E-state index in [0.29, 0.717) is 22.7 Å². The van der Waals surface area contributed by atoms with E-state index in [1.165, 1.54) is 41.8 Å². The summed E-state index contributed by atoms with van der Waals surface area (Å²) in [6.07, 6.45) is 1.54. The number of imidazole rings is 1. The van der Waals surface area contributed by atoms with Gasteiger partial charge < -0.3 is 9.47 Å². The molecule has 4 aromatic rings. The van der Waals surface area contributed by atoms with Crippen LogP contribution >= 0.6 is 11.3 Å². The number of aromatic nitrogens is 2. The van der Waals surface area contributed by atoms with Crippen molar-refractivity contribution in [2.24, 2.45) is 5.92 Å². The molecule has 9 heteroatoms. The Morgan fingerprint density at radius 2 is 1.75 bits per heavy atom. The van der Waals surface area contributed by atoms with Crippen molar-refractivity contribution < 1.29 is 17.6 Å². The van der Waals surface area contributed by atoms with Gasteiger partial charge in [-0.05, 0) is 40.6 Å². The molecule has 0 bridgehead atoms. The first-order valence-corrected chi connectivity index (χ1v) is 14.1. The van der Waals surface area contributed by atoms with Gasteiger partial charge in [-0.2, -0.15) is 0 Å². The summed E-state index contributed by atoms with van der Waals surface area (Å²) in [5.74, 6) is -0.602. The number of hydrogen-bond acceptors (Lipinski definition) is 5. The van der Waals surface area contributed by atoms with Gasteiger partial charge in [-0.3, -0.25) is 4.79 Å². The van der Waals surface area contributed by atoms with Crippen molar-refractivity contribution in [2.45, 2.75) is 37.8 Å². The van der Waals surface area contributed by atoms with Crippen LogP contribution in [0.1, 0.15) is 40.3 Å². The van der Waals surface area contributed by atoms with Crippen LogP contribution in [0.2, 0.25) is 0 Å². The van der Waals surface area contributed by atoms with Gasteiger partial charge in [-0.1, -0.05) is 62.4 Å². The fourth-order valence-electron chi connectivity index (χ4n) is 3.98. The van der Waals surface area contributed by atoms with Gasteiger partial charge >= 0.3 is 0 Å². The number of thiophene rings is 1. The molecule has 0 saturated carbocycles. The van der Waals surface area contributed by atoms with Gasteiger partial charge in [0.05, 0.1) is 35.6 Å². The molecule has 0 atom stereocenters. The molecule has 1 amide bonds. The number of hydrogen-bond donors (Lipinski definition) is 0. The Labute approximate surface area is 215 Å². The van der Waals surface area contributed by atoms with Crippen LogP contribution in [0.15, 0.2) is 83.5 Å². The largest absolute Gasteiger partial charge is 0.332 e. The van der Waals surface area contributed by atoms with Crippen molar-refractivity contribution in [3.8, 4) is 0 Å². The monoisotopic (exact) mass is 525 g/mol. The summed E-state index contributed by atoms with van der Waals surface area (Å²) < 4.78 is 41.9. The minimum absolute atomic E-state index is 0.0706. The molecule has 36 heavy (non-hydrogen) atoms. The number of nitrogens with zero attached hydrogens (tertiary/aromatic N) is 3. The molecule has 0 aliphatic heterocycles. The van der Waals surface area contributed by atoms with Crippen LogP contribution in [0.25, 0.3) is 0 Å². The zero-order valence-corrected chi connectivity index (χ0v) is 21.8. The molecule has 2 aromatic heterocycles. The minimum atomic E-state index is -3.85. The SMILES string of the molecule is CC(C)CN(Cc1cnc(S(=O)(=O)Cc2ccc(F)cc2)n1Cc1ccccc1)C(=O)c1cccs1. The maximum atomic E-state index is 13.4. The van der Waals surface area contributed by atoms with E-state index in [9.17, 15) is 17.6 Å². The Morgan fingerprint density at radius 3 is 2.39 bits per heavy atom. The van der Waals surface area contributed by atoms with Crippen LogP contribution in [-0.4, -0.2) is 35.3 Å². The number of carbonyl (C=O) groups excluding carboxylic acids is 1. The minimum Gasteiger partial charge on any atom is -0.332 e. The maximum Gasteiger partial charge on any atom is 0.264 e. The highest BCUT2D eigenvalue weighted by Gasteiger charge is 2.26. The smallest absolute Gasteiger partial charge is 0.264 e. The average molecular weight is 526 g/mol. The third-order valence-electron chi connectivity index (χ3n) is 5.59. The lowest BCUT2D eigenvalue weighted by atomic mass is 10.2. The summed E-state index contributed by atoms with van der Waals surface area (Å²) in [6.45, 7) is 5.10. The first-order valence-electron chi connectivity index (χ1n) is 11.6. The average Bonchev–Trinajstić information content (AvgIpc) is 3.51. The van der Waals surface area contributed by atoms with E-state index < -0.39 is 15.7 Å². The highest BCUT2D eigenvalue weighted by Crippen LogP contribution is 2.22. The summed E-state index contributed by atoms with van der Waals surface area (Å²) in [7, 11) is -3.85. The van der Waals surface area contributed by atoms with Crippen molar-refractivity contribution in [2.75, 3.05) is 6.54 Å². The Kier molecular flexibility index (Phi) is 8.01. The summed E-state index contributed by atoms with van der Waals surface area (Å²) in [5, 5.41) is 1.79. The molecule has 188 valence electrons. The van der Waals surface area contributed by atoms with E-state index in [2.05, 4.69) is 4.98 Å². The Bertz CT molecular complexity index is 1400. The van der Waals surface area contributed by atoms with Gasteiger partial charge in [-0.15, -0.1) is 11.3 Å². The standard InChI is InChI=1S/C27H28FN3O3S2/c1-20(2)16-30(26(32)25-9-6-14-35-25)18-24-15-29-27(31(24)17-21-7-4-3-5-8-21)36(33,34)19-22-10-12-23(28)13-11-22/h3-15,20H,16-19H2,1-2H3. The molecule has 0 aliphatic rings. The van der Waals surface area contributed by atoms with Crippen LogP contribution in [0.4, 0.5) is 4.39 Å². The van der Waals surface area contributed by atoms with Gasteiger partial charge in [-0.25, -0.2) is 17.8 Å². The molecular weight excluding hydrogens is 497 g/mol. The quantitative estimate of drug-likeness (QED) is 0.278. The molecule has 4 rings (SSSR count). The molecule has 0 radical (unpaired) electrons. The number of sulfone groups is 1. The van der Waals surface area contributed by atoms with E-state index in [0.717, 1.165) is 5.56 Å². The number of rotatable bonds is 10. The second kappa shape index (κ2) is 11.2. The Hall–Kier alpha value is -3.30. The highest BCUT2D eigenvalue weighted by atomic mass is 32.2. The van der Waals surface area contributed by atoms with Gasteiger partial charge in [0.25, 0.3) is 5.91 Å². The molecule has 0 fully saturated rings. The van der Waals surface area contributed by atoms with Gasteiger partial charge in [0, 0.05) is 6.54 Å². The van der Waals surface area contributed by atoms with Crippen molar-refractivity contribution in [3.63, 3.8) is 0 Å². The normalized spacial score (nSPS) is 11.7. The third kappa shape index (κ3) is 6.27. The van der Waals surface area contributed by atoms with E-state index in [1.54, 1.807) is 15.5 Å².